The predicted octanol–water partition coefficient (Wildman–Crippen LogP) is 2.82. The van der Waals surface area contributed by atoms with E-state index in [9.17, 15) is 19.7 Å². The first-order chi connectivity index (χ1) is 13.9. The molecule has 0 unspecified atom stereocenters. The Morgan fingerprint density at radius 1 is 1.14 bits per heavy atom. The molecule has 2 fully saturated rings. The number of amides is 2. The molecule has 1 N–H and O–H groups in total. The molecule has 1 aromatic rings. The summed E-state index contributed by atoms with van der Waals surface area (Å²) in [5, 5.41) is 13.7. The second kappa shape index (κ2) is 9.35. The number of hydrogen-bond donors (Lipinski definition) is 1. The van der Waals surface area contributed by atoms with E-state index in [1.165, 1.54) is 31.7 Å². The highest BCUT2D eigenvalue weighted by Gasteiger charge is 2.30. The van der Waals surface area contributed by atoms with Crippen molar-refractivity contribution < 1.29 is 14.5 Å². The first kappa shape index (κ1) is 21.2. The van der Waals surface area contributed by atoms with Crippen LogP contribution < -0.4 is 5.32 Å². The van der Waals surface area contributed by atoms with Crippen molar-refractivity contribution in [3.05, 3.63) is 33.9 Å². The zero-order valence-electron chi connectivity index (χ0n) is 17.2. The van der Waals surface area contributed by atoms with Crippen molar-refractivity contribution in [2.24, 2.45) is 5.92 Å². The molecule has 3 rings (SSSR count). The average Bonchev–Trinajstić information content (AvgIpc) is 2.73. The quantitative estimate of drug-likeness (QED) is 0.475. The molecule has 0 bridgehead atoms. The molecule has 8 nitrogen and oxygen atoms in total. The van der Waals surface area contributed by atoms with E-state index in [0.717, 1.165) is 19.0 Å². The largest absolute Gasteiger partial charge is 0.332 e. The van der Waals surface area contributed by atoms with Gasteiger partial charge in [0, 0.05) is 49.5 Å². The summed E-state index contributed by atoms with van der Waals surface area (Å²) in [4.78, 5) is 39.7. The van der Waals surface area contributed by atoms with Crippen LogP contribution in [0.25, 0.3) is 0 Å². The maximum absolute atomic E-state index is 12.5. The van der Waals surface area contributed by atoms with Crippen LogP contribution in [0.2, 0.25) is 0 Å². The third-order valence-corrected chi connectivity index (χ3v) is 6.22. The highest BCUT2D eigenvalue weighted by Crippen LogP contribution is 2.28. The van der Waals surface area contributed by atoms with E-state index in [2.05, 4.69) is 17.1 Å². The second-order valence-corrected chi connectivity index (χ2v) is 8.15. The number of hydrogen-bond acceptors (Lipinski definition) is 5. The van der Waals surface area contributed by atoms with Gasteiger partial charge in [0.05, 0.1) is 4.92 Å². The molecular weight excluding hydrogens is 372 g/mol. The number of aryl methyl sites for hydroxylation is 1. The van der Waals surface area contributed by atoms with Crippen molar-refractivity contribution >= 4 is 23.2 Å². The van der Waals surface area contributed by atoms with E-state index in [0.29, 0.717) is 31.1 Å². The maximum Gasteiger partial charge on any atom is 0.313 e. The van der Waals surface area contributed by atoms with Crippen LogP contribution in [-0.4, -0.2) is 58.8 Å². The summed E-state index contributed by atoms with van der Waals surface area (Å²) in [5.41, 5.74) is 0.808. The van der Waals surface area contributed by atoms with Crippen molar-refractivity contribution in [2.45, 2.75) is 52.0 Å². The Balaban J connectivity index is 1.54. The SMILES string of the molecule is CCc1ccc(NC(=O)C(=O)N2CCN(C3CCC(C)CC3)CC2)cc1[N+](=O)[O-]. The van der Waals surface area contributed by atoms with Crippen LogP contribution >= 0.6 is 0 Å². The third-order valence-electron chi connectivity index (χ3n) is 6.22. The fourth-order valence-electron chi connectivity index (χ4n) is 4.34. The molecule has 158 valence electrons. The lowest BCUT2D eigenvalue weighted by Gasteiger charge is -2.41. The van der Waals surface area contributed by atoms with Gasteiger partial charge in [0.1, 0.15) is 0 Å². The highest BCUT2D eigenvalue weighted by molar-refractivity contribution is 6.39. The summed E-state index contributed by atoms with van der Waals surface area (Å²) < 4.78 is 0. The topological polar surface area (TPSA) is 95.8 Å². The Kier molecular flexibility index (Phi) is 6.84. The van der Waals surface area contributed by atoms with Crippen LogP contribution in [0.1, 0.15) is 45.1 Å². The van der Waals surface area contributed by atoms with Crippen molar-refractivity contribution in [1.29, 1.82) is 0 Å². The van der Waals surface area contributed by atoms with Crippen LogP contribution in [0.4, 0.5) is 11.4 Å². The molecular formula is C21H30N4O4. The van der Waals surface area contributed by atoms with Crippen LogP contribution in [0.3, 0.4) is 0 Å². The van der Waals surface area contributed by atoms with Gasteiger partial charge in [-0.3, -0.25) is 24.6 Å². The van der Waals surface area contributed by atoms with Gasteiger partial charge in [0.15, 0.2) is 0 Å². The van der Waals surface area contributed by atoms with Gasteiger partial charge in [-0.1, -0.05) is 19.9 Å². The number of nitrogens with zero attached hydrogens (tertiary/aromatic N) is 3. The molecule has 29 heavy (non-hydrogen) atoms. The van der Waals surface area contributed by atoms with Crippen LogP contribution in [-0.2, 0) is 16.0 Å². The first-order valence-electron chi connectivity index (χ1n) is 10.5. The molecule has 1 aliphatic carbocycles. The minimum Gasteiger partial charge on any atom is -0.332 e. The van der Waals surface area contributed by atoms with Gasteiger partial charge >= 0.3 is 11.8 Å². The highest BCUT2D eigenvalue weighted by atomic mass is 16.6. The second-order valence-electron chi connectivity index (χ2n) is 8.15. The van der Waals surface area contributed by atoms with Gasteiger partial charge in [0.25, 0.3) is 5.69 Å². The lowest BCUT2D eigenvalue weighted by molar-refractivity contribution is -0.385. The van der Waals surface area contributed by atoms with Crippen LogP contribution in [0.15, 0.2) is 18.2 Å². The van der Waals surface area contributed by atoms with E-state index in [1.807, 2.05) is 6.92 Å². The number of nitro groups is 1. The van der Waals surface area contributed by atoms with E-state index in [4.69, 9.17) is 0 Å². The van der Waals surface area contributed by atoms with E-state index in [1.54, 1.807) is 17.0 Å². The van der Waals surface area contributed by atoms with Crippen LogP contribution in [0.5, 0.6) is 0 Å². The molecule has 1 saturated carbocycles. The van der Waals surface area contributed by atoms with Gasteiger partial charge in [-0.15, -0.1) is 0 Å². The number of carbonyl (C=O) groups excluding carboxylic acids is 2. The zero-order chi connectivity index (χ0) is 21.0. The molecule has 0 aromatic heterocycles. The number of anilines is 1. The molecule has 1 heterocycles. The van der Waals surface area contributed by atoms with Gasteiger partial charge in [0.2, 0.25) is 0 Å². The Morgan fingerprint density at radius 2 is 1.79 bits per heavy atom. The van der Waals surface area contributed by atoms with Gasteiger partial charge in [-0.2, -0.15) is 0 Å². The van der Waals surface area contributed by atoms with Crippen molar-refractivity contribution in [1.82, 2.24) is 9.80 Å². The number of nitrogens with one attached hydrogen (secondary N) is 1. The van der Waals surface area contributed by atoms with E-state index < -0.39 is 16.7 Å². The van der Waals surface area contributed by atoms with Gasteiger partial charge in [-0.25, -0.2) is 0 Å². The number of piperazine rings is 1. The summed E-state index contributed by atoms with van der Waals surface area (Å²) in [6, 6.07) is 5.11. The summed E-state index contributed by atoms with van der Waals surface area (Å²) in [5.74, 6) is -0.521. The van der Waals surface area contributed by atoms with Gasteiger partial charge < -0.3 is 10.2 Å². The summed E-state index contributed by atoms with van der Waals surface area (Å²) in [6.45, 7) is 6.78. The van der Waals surface area contributed by atoms with E-state index in [-0.39, 0.29) is 11.4 Å². The molecule has 1 saturated heterocycles. The Morgan fingerprint density at radius 3 is 2.38 bits per heavy atom. The average molecular weight is 402 g/mol. The number of benzene rings is 1. The Hall–Kier alpha value is -2.48. The van der Waals surface area contributed by atoms with Crippen molar-refractivity contribution in [3.8, 4) is 0 Å². The molecule has 1 aromatic carbocycles. The Bertz CT molecular complexity index is 766. The summed E-state index contributed by atoms with van der Waals surface area (Å²) in [6.07, 6.45) is 5.46. The molecule has 1 aliphatic heterocycles. The normalized spacial score (nSPS) is 22.9. The standard InChI is InChI=1S/C21H30N4O4/c1-3-16-6-7-17(14-19(16)25(28)29)22-20(26)21(27)24-12-10-23(11-13-24)18-8-4-15(2)5-9-18/h6-7,14-15,18H,3-5,8-13H2,1-2H3,(H,22,26). The Labute approximate surface area is 171 Å². The maximum atomic E-state index is 12.5. The van der Waals surface area contributed by atoms with Gasteiger partial charge in [-0.05, 0) is 44.1 Å². The number of carbonyl (C=O) groups is 2. The predicted molar refractivity (Wildman–Crippen MR) is 111 cm³/mol. The minimum atomic E-state index is -0.747. The lowest BCUT2D eigenvalue weighted by Crippen LogP contribution is -2.54. The van der Waals surface area contributed by atoms with E-state index >= 15 is 0 Å². The van der Waals surface area contributed by atoms with Crippen LogP contribution in [0, 0.1) is 16.0 Å². The monoisotopic (exact) mass is 402 g/mol. The lowest BCUT2D eigenvalue weighted by atomic mass is 9.86. The smallest absolute Gasteiger partial charge is 0.313 e. The number of rotatable bonds is 4. The zero-order valence-corrected chi connectivity index (χ0v) is 17.2. The molecule has 2 amide bonds. The summed E-state index contributed by atoms with van der Waals surface area (Å²) in [7, 11) is 0. The number of nitro benzene ring substituents is 1. The third kappa shape index (κ3) is 5.12. The summed E-state index contributed by atoms with van der Waals surface area (Å²) >= 11 is 0. The molecule has 0 radical (unpaired) electrons. The fourth-order valence-corrected chi connectivity index (χ4v) is 4.34. The minimum absolute atomic E-state index is 0.0480. The first-order valence-corrected chi connectivity index (χ1v) is 10.5. The molecule has 2 aliphatic rings. The fraction of sp³-hybridized carbons (Fsp3) is 0.619. The van der Waals surface area contributed by atoms with Crippen molar-refractivity contribution in [2.75, 3.05) is 31.5 Å². The molecule has 0 atom stereocenters. The molecule has 0 spiro atoms. The molecule has 8 heteroatoms. The van der Waals surface area contributed by atoms with Crippen molar-refractivity contribution in [3.63, 3.8) is 0 Å².